The number of benzene rings is 2. The van der Waals surface area contributed by atoms with Crippen molar-refractivity contribution in [2.45, 2.75) is 6.92 Å². The molecule has 3 amide bonds. The summed E-state index contributed by atoms with van der Waals surface area (Å²) in [5.41, 5.74) is 0.763. The quantitative estimate of drug-likeness (QED) is 0.880. The molecule has 0 aliphatic carbocycles. The topological polar surface area (TPSA) is 69.7 Å². The molecule has 3 rings (SSSR count). The van der Waals surface area contributed by atoms with Crippen molar-refractivity contribution < 1.29 is 23.2 Å². The minimum atomic E-state index is -0.904. The van der Waals surface area contributed by atoms with E-state index in [-0.39, 0.29) is 43.6 Å². The van der Waals surface area contributed by atoms with Gasteiger partial charge in [-0.25, -0.2) is 8.78 Å². The van der Waals surface area contributed by atoms with E-state index in [1.54, 1.807) is 29.2 Å². The fraction of sp³-hybridized carbons (Fsp3) is 0.250. The van der Waals surface area contributed by atoms with Gasteiger partial charge in [0, 0.05) is 50.4 Å². The molecule has 1 aliphatic rings. The average molecular weight is 387 g/mol. The normalized spacial score (nSPS) is 14.0. The molecule has 6 nitrogen and oxygen atoms in total. The Kier molecular flexibility index (Phi) is 5.67. The second-order valence-corrected chi connectivity index (χ2v) is 6.47. The summed E-state index contributed by atoms with van der Waals surface area (Å²) in [7, 11) is 0. The molecule has 0 bridgehead atoms. The lowest BCUT2D eigenvalue weighted by Gasteiger charge is -2.35. The molecule has 28 heavy (non-hydrogen) atoms. The first-order chi connectivity index (χ1) is 13.3. The van der Waals surface area contributed by atoms with Crippen molar-refractivity contribution in [1.29, 1.82) is 0 Å². The van der Waals surface area contributed by atoms with Gasteiger partial charge in [0.1, 0.15) is 11.6 Å². The molecule has 0 saturated carbocycles. The molecule has 2 aromatic carbocycles. The number of hydrogen-bond acceptors (Lipinski definition) is 3. The van der Waals surface area contributed by atoms with E-state index < -0.39 is 17.5 Å². The zero-order valence-corrected chi connectivity index (χ0v) is 15.2. The molecule has 1 aliphatic heterocycles. The molecular weight excluding hydrogens is 368 g/mol. The SMILES string of the molecule is CC(=O)Nc1cccc(C(=O)N2CCN(C(=O)c3ccc(F)cc3F)CC2)c1. The fourth-order valence-electron chi connectivity index (χ4n) is 3.06. The van der Waals surface area contributed by atoms with Gasteiger partial charge in [0.15, 0.2) is 0 Å². The van der Waals surface area contributed by atoms with Crippen molar-refractivity contribution in [3.63, 3.8) is 0 Å². The predicted molar refractivity (Wildman–Crippen MR) is 98.9 cm³/mol. The number of carbonyl (C=O) groups excluding carboxylic acids is 3. The Hall–Kier alpha value is -3.29. The molecule has 1 N–H and O–H groups in total. The molecule has 2 aromatic rings. The van der Waals surface area contributed by atoms with Crippen molar-refractivity contribution >= 4 is 23.4 Å². The van der Waals surface area contributed by atoms with Crippen LogP contribution in [0.5, 0.6) is 0 Å². The van der Waals surface area contributed by atoms with Gasteiger partial charge in [-0.15, -0.1) is 0 Å². The van der Waals surface area contributed by atoms with E-state index in [1.165, 1.54) is 11.8 Å². The minimum Gasteiger partial charge on any atom is -0.335 e. The van der Waals surface area contributed by atoms with Crippen LogP contribution in [0.4, 0.5) is 14.5 Å². The summed E-state index contributed by atoms with van der Waals surface area (Å²) in [5.74, 6) is -2.63. The van der Waals surface area contributed by atoms with E-state index in [2.05, 4.69) is 5.32 Å². The number of halogens is 2. The largest absolute Gasteiger partial charge is 0.335 e. The predicted octanol–water partition coefficient (Wildman–Crippen LogP) is 2.52. The molecule has 0 atom stereocenters. The van der Waals surface area contributed by atoms with E-state index in [0.717, 1.165) is 12.1 Å². The van der Waals surface area contributed by atoms with Crippen molar-refractivity contribution in [2.75, 3.05) is 31.5 Å². The highest BCUT2D eigenvalue weighted by molar-refractivity contribution is 5.97. The van der Waals surface area contributed by atoms with Gasteiger partial charge in [0.25, 0.3) is 11.8 Å². The third-order valence-corrected chi connectivity index (χ3v) is 4.45. The summed E-state index contributed by atoms with van der Waals surface area (Å²) in [5, 5.41) is 2.63. The molecule has 1 heterocycles. The number of carbonyl (C=O) groups is 3. The Labute approximate surface area is 160 Å². The Morgan fingerprint density at radius 1 is 0.893 bits per heavy atom. The zero-order valence-electron chi connectivity index (χ0n) is 15.2. The van der Waals surface area contributed by atoms with Gasteiger partial charge in [-0.2, -0.15) is 0 Å². The van der Waals surface area contributed by atoms with Crippen LogP contribution in [0.15, 0.2) is 42.5 Å². The highest BCUT2D eigenvalue weighted by Crippen LogP contribution is 2.17. The van der Waals surface area contributed by atoms with Gasteiger partial charge in [-0.05, 0) is 30.3 Å². The molecule has 146 valence electrons. The number of piperazine rings is 1. The van der Waals surface area contributed by atoms with Crippen LogP contribution in [0.3, 0.4) is 0 Å². The van der Waals surface area contributed by atoms with E-state index in [1.807, 2.05) is 0 Å². The van der Waals surface area contributed by atoms with Crippen LogP contribution in [0, 0.1) is 11.6 Å². The summed E-state index contributed by atoms with van der Waals surface area (Å²) in [6.07, 6.45) is 0. The third-order valence-electron chi connectivity index (χ3n) is 4.45. The Bertz CT molecular complexity index is 925. The van der Waals surface area contributed by atoms with Gasteiger partial charge in [0.05, 0.1) is 5.56 Å². The van der Waals surface area contributed by atoms with Crippen molar-refractivity contribution in [1.82, 2.24) is 9.80 Å². The molecular formula is C20H19F2N3O3. The van der Waals surface area contributed by atoms with Gasteiger partial charge in [-0.1, -0.05) is 6.07 Å². The highest BCUT2D eigenvalue weighted by atomic mass is 19.1. The van der Waals surface area contributed by atoms with Crippen molar-refractivity contribution in [2.24, 2.45) is 0 Å². The molecule has 0 radical (unpaired) electrons. The van der Waals surface area contributed by atoms with Crippen LogP contribution < -0.4 is 5.32 Å². The number of nitrogens with one attached hydrogen (secondary N) is 1. The van der Waals surface area contributed by atoms with Crippen LogP contribution in [0.25, 0.3) is 0 Å². The number of rotatable bonds is 3. The lowest BCUT2D eigenvalue weighted by molar-refractivity contribution is -0.114. The summed E-state index contributed by atoms with van der Waals surface area (Å²) in [6, 6.07) is 9.45. The van der Waals surface area contributed by atoms with E-state index in [0.29, 0.717) is 17.3 Å². The Morgan fingerprint density at radius 3 is 2.14 bits per heavy atom. The highest BCUT2D eigenvalue weighted by Gasteiger charge is 2.27. The molecule has 0 aromatic heterocycles. The average Bonchev–Trinajstić information content (AvgIpc) is 2.67. The summed E-state index contributed by atoms with van der Waals surface area (Å²) in [4.78, 5) is 39.3. The van der Waals surface area contributed by atoms with Gasteiger partial charge < -0.3 is 15.1 Å². The molecule has 0 spiro atoms. The number of nitrogens with zero attached hydrogens (tertiary/aromatic N) is 2. The first kappa shape index (κ1) is 19.5. The van der Waals surface area contributed by atoms with Gasteiger partial charge >= 0.3 is 0 Å². The zero-order chi connectivity index (χ0) is 20.3. The number of anilines is 1. The maximum Gasteiger partial charge on any atom is 0.256 e. The van der Waals surface area contributed by atoms with Crippen LogP contribution in [0.1, 0.15) is 27.6 Å². The molecule has 1 fully saturated rings. The summed E-state index contributed by atoms with van der Waals surface area (Å²) < 4.78 is 26.8. The van der Waals surface area contributed by atoms with E-state index >= 15 is 0 Å². The monoisotopic (exact) mass is 387 g/mol. The standard InChI is InChI=1S/C20H19F2N3O3/c1-13(26)23-16-4-2-3-14(11-16)19(27)24-7-9-25(10-8-24)20(28)17-6-5-15(21)12-18(17)22/h2-6,11-12H,7-10H2,1H3,(H,23,26). The Balaban J connectivity index is 1.64. The van der Waals surface area contributed by atoms with Crippen LogP contribution in [-0.4, -0.2) is 53.7 Å². The maximum atomic E-state index is 13.8. The smallest absolute Gasteiger partial charge is 0.256 e. The molecule has 8 heteroatoms. The van der Waals surface area contributed by atoms with E-state index in [4.69, 9.17) is 0 Å². The number of amides is 3. The lowest BCUT2D eigenvalue weighted by atomic mass is 10.1. The van der Waals surface area contributed by atoms with Crippen molar-refractivity contribution in [3.8, 4) is 0 Å². The Morgan fingerprint density at radius 2 is 1.54 bits per heavy atom. The van der Waals surface area contributed by atoms with Gasteiger partial charge in [0.2, 0.25) is 5.91 Å². The third kappa shape index (κ3) is 4.33. The lowest BCUT2D eigenvalue weighted by Crippen LogP contribution is -2.50. The van der Waals surface area contributed by atoms with Crippen molar-refractivity contribution in [3.05, 3.63) is 65.2 Å². The maximum absolute atomic E-state index is 13.8. The first-order valence-corrected chi connectivity index (χ1v) is 8.76. The van der Waals surface area contributed by atoms with Crippen LogP contribution in [-0.2, 0) is 4.79 Å². The second kappa shape index (κ2) is 8.16. The van der Waals surface area contributed by atoms with Gasteiger partial charge in [-0.3, -0.25) is 14.4 Å². The minimum absolute atomic E-state index is 0.191. The summed E-state index contributed by atoms with van der Waals surface area (Å²) in [6.45, 7) is 2.45. The molecule has 1 saturated heterocycles. The fourth-order valence-corrected chi connectivity index (χ4v) is 3.06. The number of hydrogen-bond donors (Lipinski definition) is 1. The van der Waals surface area contributed by atoms with Crippen LogP contribution >= 0.6 is 0 Å². The summed E-state index contributed by atoms with van der Waals surface area (Å²) >= 11 is 0. The second-order valence-electron chi connectivity index (χ2n) is 6.47. The molecule has 0 unspecified atom stereocenters. The van der Waals surface area contributed by atoms with E-state index in [9.17, 15) is 23.2 Å². The first-order valence-electron chi connectivity index (χ1n) is 8.76. The van der Waals surface area contributed by atoms with Crippen LogP contribution in [0.2, 0.25) is 0 Å².